The maximum atomic E-state index is 14.7. The predicted octanol–water partition coefficient (Wildman–Crippen LogP) is 7.07. The number of aliphatic carboxylic acids is 1. The Morgan fingerprint density at radius 1 is 0.898 bits per heavy atom. The quantitative estimate of drug-likeness (QED) is 0.0892. The summed E-state index contributed by atoms with van der Waals surface area (Å²) in [5.74, 6) is -5.51. The summed E-state index contributed by atoms with van der Waals surface area (Å²) >= 11 is 5.75. The van der Waals surface area contributed by atoms with Gasteiger partial charge in [0.05, 0.1) is 53.7 Å². The minimum Gasteiger partial charge on any atom is -0.481 e. The van der Waals surface area contributed by atoms with Gasteiger partial charge in [0.2, 0.25) is 0 Å². The number of Topliss-reactive ketones (excluding diaryl/α,β-unsaturated/α-hetero) is 1. The van der Waals surface area contributed by atoms with E-state index in [2.05, 4.69) is 44.4 Å². The van der Waals surface area contributed by atoms with Crippen molar-refractivity contribution in [1.82, 2.24) is 10.6 Å². The zero-order valence-electron chi connectivity index (χ0n) is 38.0. The number of aliphatic hydroxyl groups excluding tert-OH is 1. The van der Waals surface area contributed by atoms with Crippen LogP contribution in [0.2, 0.25) is 0 Å². The second kappa shape index (κ2) is 19.0. The Balaban J connectivity index is 1.39. The van der Waals surface area contributed by atoms with Crippen molar-refractivity contribution in [3.63, 3.8) is 0 Å². The number of carboxylic acids is 1. The predicted molar refractivity (Wildman–Crippen MR) is 230 cm³/mol. The molecule has 0 amide bonds. The molecule has 5 aliphatic rings. The first-order valence-corrected chi connectivity index (χ1v) is 23.3. The van der Waals surface area contributed by atoms with Crippen molar-refractivity contribution in [3.8, 4) is 0 Å². The summed E-state index contributed by atoms with van der Waals surface area (Å²) in [5, 5.41) is 40.2. The van der Waals surface area contributed by atoms with Gasteiger partial charge in [-0.05, 0) is 116 Å². The van der Waals surface area contributed by atoms with Gasteiger partial charge in [-0.25, -0.2) is 0 Å². The van der Waals surface area contributed by atoms with Crippen molar-refractivity contribution in [2.75, 3.05) is 0 Å². The first-order valence-electron chi connectivity index (χ1n) is 22.9. The molecule has 12 nitrogen and oxygen atoms in total. The fourth-order valence-corrected chi connectivity index (χ4v) is 11.5. The Labute approximate surface area is 359 Å². The first kappa shape index (κ1) is 48.3. The van der Waals surface area contributed by atoms with E-state index in [4.69, 9.17) is 35.9 Å². The van der Waals surface area contributed by atoms with Crippen molar-refractivity contribution >= 4 is 29.1 Å². The number of ether oxygens (including phenoxy) is 5. The molecule has 4 fully saturated rings. The van der Waals surface area contributed by atoms with Crippen molar-refractivity contribution in [2.45, 2.75) is 219 Å². The third-order valence-corrected chi connectivity index (χ3v) is 15.4. The fourth-order valence-electron chi connectivity index (χ4n) is 11.1. The monoisotopic (exact) mass is 851 g/mol. The van der Waals surface area contributed by atoms with Gasteiger partial charge >= 0.3 is 5.97 Å². The highest BCUT2D eigenvalue weighted by molar-refractivity contribution is 7.80. The van der Waals surface area contributed by atoms with Crippen LogP contribution < -0.4 is 10.6 Å². The molecule has 338 valence electrons. The van der Waals surface area contributed by atoms with E-state index in [0.29, 0.717) is 56.5 Å². The van der Waals surface area contributed by atoms with Crippen LogP contribution in [0.1, 0.15) is 147 Å². The standard InChI is InChI=1S/C46H78N2O10S/c1-13-32(41(51)52)34-17-16-26(6)39(55-34)30(10)37(49)29(9)38(50)33(14-2)40-27(7)24-28(8)45(56-40)21-18-35(48-42(59)47-25(4)5)46(58-45)23-22-43(12,57-46)36-19-20-44(53,15-3)31(11)54-36/h18,21,25-37,39-40,49,53H,13-17,19-20,22-24H2,1-12H3,(H,51,52)(H2,47,48,59)/t26-,27-,28+,29-,30-,31-,32+,33-,34+,35+,36+,37+,39+,40-,43-,44+,45-,46-/m0/s1. The van der Waals surface area contributed by atoms with Gasteiger partial charge in [-0.1, -0.05) is 61.5 Å². The lowest BCUT2D eigenvalue weighted by molar-refractivity contribution is -0.397. The van der Waals surface area contributed by atoms with Gasteiger partial charge in [-0.3, -0.25) is 9.59 Å². The van der Waals surface area contributed by atoms with Crippen LogP contribution in [0.25, 0.3) is 0 Å². The molecule has 13 heteroatoms. The third kappa shape index (κ3) is 9.77. The van der Waals surface area contributed by atoms with E-state index in [9.17, 15) is 24.9 Å². The number of hydrogen-bond donors (Lipinski definition) is 5. The molecule has 4 saturated heterocycles. The lowest BCUT2D eigenvalue weighted by Gasteiger charge is -2.55. The molecule has 2 spiro atoms. The topological polar surface area (TPSA) is 165 Å². The minimum absolute atomic E-state index is 0.0200. The van der Waals surface area contributed by atoms with Crippen molar-refractivity contribution in [2.24, 2.45) is 41.4 Å². The summed E-state index contributed by atoms with van der Waals surface area (Å²) in [7, 11) is 0. The lowest BCUT2D eigenvalue weighted by Crippen LogP contribution is -2.66. The summed E-state index contributed by atoms with van der Waals surface area (Å²) in [5.41, 5.74) is -1.60. The number of aliphatic hydroxyl groups is 2. The molecule has 5 N–H and O–H groups in total. The summed E-state index contributed by atoms with van der Waals surface area (Å²) in [6.45, 7) is 24.0. The molecular formula is C46H78N2O10S. The first-order chi connectivity index (χ1) is 27.6. The SMILES string of the molecule is CC[C@@H](C(=O)[C@@H](C)[C@@H](O)[C@H](C)[C@@H]1O[C@@H]([C@@H](CC)C(=O)O)CC[C@@H]1C)[C@H]1O[C@]2(C=C[C@@H](NC(=S)NC(C)C)[C@]3(CC[C@@](C)([C@H]4CC[C@](O)(CC)[C@H](C)O4)O3)O2)[C@H](C)C[C@@H]1C. The van der Waals surface area contributed by atoms with Crippen molar-refractivity contribution in [3.05, 3.63) is 12.2 Å². The second-order valence-corrected chi connectivity index (χ2v) is 20.1. The molecule has 0 bridgehead atoms. The number of carboxylic acid groups (broad SMARTS) is 1. The maximum absolute atomic E-state index is 14.7. The molecule has 0 aromatic carbocycles. The molecule has 18 atom stereocenters. The van der Waals surface area contributed by atoms with E-state index in [1.165, 1.54) is 0 Å². The van der Waals surface area contributed by atoms with Gasteiger partial charge in [-0.2, -0.15) is 0 Å². The van der Waals surface area contributed by atoms with Crippen LogP contribution in [0.15, 0.2) is 12.2 Å². The molecule has 59 heavy (non-hydrogen) atoms. The number of carbonyl (C=O) groups is 2. The summed E-state index contributed by atoms with van der Waals surface area (Å²) < 4.78 is 34.7. The van der Waals surface area contributed by atoms with Crippen molar-refractivity contribution in [1.29, 1.82) is 0 Å². The zero-order valence-corrected chi connectivity index (χ0v) is 38.8. The van der Waals surface area contributed by atoms with Gasteiger partial charge in [0.1, 0.15) is 11.8 Å². The van der Waals surface area contributed by atoms with Gasteiger partial charge in [-0.15, -0.1) is 0 Å². The molecule has 5 aliphatic heterocycles. The maximum Gasteiger partial charge on any atom is 0.309 e. The smallest absolute Gasteiger partial charge is 0.309 e. The molecular weight excluding hydrogens is 773 g/mol. The van der Waals surface area contributed by atoms with E-state index in [-0.39, 0.29) is 47.9 Å². The highest BCUT2D eigenvalue weighted by Crippen LogP contribution is 2.54. The van der Waals surface area contributed by atoms with Gasteiger partial charge in [0.25, 0.3) is 0 Å². The number of ketones is 1. The number of nitrogens with one attached hydrogen (secondary N) is 2. The Morgan fingerprint density at radius 3 is 2.17 bits per heavy atom. The molecule has 0 aromatic heterocycles. The second-order valence-electron chi connectivity index (χ2n) is 19.7. The average Bonchev–Trinajstić information content (AvgIpc) is 3.52. The molecule has 5 heterocycles. The number of hydrogen-bond acceptors (Lipinski definition) is 10. The molecule has 0 aromatic rings. The van der Waals surface area contributed by atoms with E-state index >= 15 is 0 Å². The Morgan fingerprint density at radius 2 is 1.58 bits per heavy atom. The van der Waals surface area contributed by atoms with Crippen LogP contribution in [0.4, 0.5) is 0 Å². The molecule has 5 rings (SSSR count). The number of carbonyl (C=O) groups excluding carboxylic acids is 1. The van der Waals surface area contributed by atoms with Gasteiger partial charge in [0.15, 0.2) is 16.7 Å². The minimum atomic E-state index is -1.21. The van der Waals surface area contributed by atoms with E-state index in [1.807, 2.05) is 54.5 Å². The van der Waals surface area contributed by atoms with Crippen LogP contribution in [0, 0.1) is 41.4 Å². The Kier molecular flexibility index (Phi) is 15.5. The zero-order chi connectivity index (χ0) is 43.8. The Hall–Kier alpha value is -1.71. The highest BCUT2D eigenvalue weighted by Gasteiger charge is 2.63. The number of rotatable bonds is 14. The molecule has 0 radical (unpaired) electrons. The third-order valence-electron chi connectivity index (χ3n) is 15.2. The molecule has 0 unspecified atom stereocenters. The summed E-state index contributed by atoms with van der Waals surface area (Å²) in [6.07, 6.45) is 7.36. The van der Waals surface area contributed by atoms with Gasteiger partial charge in [0, 0.05) is 36.1 Å². The van der Waals surface area contributed by atoms with Gasteiger partial charge < -0.3 is 49.6 Å². The normalized spacial score (nSPS) is 42.6. The van der Waals surface area contributed by atoms with E-state index in [1.54, 1.807) is 6.92 Å². The summed E-state index contributed by atoms with van der Waals surface area (Å²) in [4.78, 5) is 26.7. The van der Waals surface area contributed by atoms with Crippen molar-refractivity contribution < 1.29 is 48.6 Å². The number of thiocarbonyl (C=S) groups is 1. The average molecular weight is 851 g/mol. The Bertz CT molecular complexity index is 1520. The van der Waals surface area contributed by atoms with Crippen LogP contribution in [-0.2, 0) is 33.3 Å². The molecule has 0 saturated carbocycles. The largest absolute Gasteiger partial charge is 0.481 e. The van der Waals surface area contributed by atoms with Crippen LogP contribution >= 0.6 is 12.2 Å². The van der Waals surface area contributed by atoms with Crippen LogP contribution in [0.3, 0.4) is 0 Å². The van der Waals surface area contributed by atoms with Crippen LogP contribution in [0.5, 0.6) is 0 Å². The molecule has 0 aliphatic carbocycles. The highest BCUT2D eigenvalue weighted by atomic mass is 32.1. The van der Waals surface area contributed by atoms with E-state index in [0.717, 1.165) is 12.8 Å². The lowest BCUT2D eigenvalue weighted by atomic mass is 9.72. The van der Waals surface area contributed by atoms with E-state index < -0.39 is 76.8 Å². The van der Waals surface area contributed by atoms with Crippen LogP contribution in [-0.4, -0.2) is 104 Å². The fraction of sp³-hybridized carbons (Fsp3) is 0.891. The summed E-state index contributed by atoms with van der Waals surface area (Å²) in [6, 6.07) is -0.338.